The van der Waals surface area contributed by atoms with Crippen LogP contribution in [0.4, 0.5) is 10.5 Å². The second kappa shape index (κ2) is 6.26. The van der Waals surface area contributed by atoms with Crippen molar-refractivity contribution < 1.29 is 4.79 Å². The SMILES string of the molecule is CCc1ccc(N(CC)C(=O)N=C(N)N)c(Cl)c1. The molecule has 98 valence electrons. The van der Waals surface area contributed by atoms with Crippen LogP contribution in [0.15, 0.2) is 23.2 Å². The van der Waals surface area contributed by atoms with Gasteiger partial charge < -0.3 is 11.5 Å². The smallest absolute Gasteiger partial charge is 0.351 e. The van der Waals surface area contributed by atoms with Crippen molar-refractivity contribution in [1.82, 2.24) is 0 Å². The Morgan fingerprint density at radius 1 is 1.39 bits per heavy atom. The van der Waals surface area contributed by atoms with Crippen LogP contribution in [-0.2, 0) is 6.42 Å². The molecule has 0 radical (unpaired) electrons. The average molecular weight is 269 g/mol. The largest absolute Gasteiger partial charge is 0.370 e. The zero-order chi connectivity index (χ0) is 13.7. The molecule has 2 amide bonds. The molecule has 0 fully saturated rings. The van der Waals surface area contributed by atoms with Crippen molar-refractivity contribution in [1.29, 1.82) is 0 Å². The number of guanidine groups is 1. The number of hydrogen-bond donors (Lipinski definition) is 2. The molecule has 0 atom stereocenters. The molecule has 0 saturated carbocycles. The molecule has 0 saturated heterocycles. The molecular formula is C12H17ClN4O. The lowest BCUT2D eigenvalue weighted by Gasteiger charge is -2.20. The van der Waals surface area contributed by atoms with Gasteiger partial charge in [-0.25, -0.2) is 4.79 Å². The van der Waals surface area contributed by atoms with Gasteiger partial charge in [0.1, 0.15) is 0 Å². The van der Waals surface area contributed by atoms with Gasteiger partial charge in [-0.15, -0.1) is 0 Å². The molecule has 0 aliphatic heterocycles. The van der Waals surface area contributed by atoms with E-state index in [4.69, 9.17) is 23.1 Å². The minimum atomic E-state index is -0.524. The summed E-state index contributed by atoms with van der Waals surface area (Å²) in [6, 6.07) is 5.03. The quantitative estimate of drug-likeness (QED) is 0.650. The summed E-state index contributed by atoms with van der Waals surface area (Å²) in [5, 5.41) is 0.510. The van der Waals surface area contributed by atoms with Gasteiger partial charge in [-0.1, -0.05) is 24.6 Å². The molecular weight excluding hydrogens is 252 g/mol. The molecule has 0 heterocycles. The number of urea groups is 1. The van der Waals surface area contributed by atoms with Gasteiger partial charge in [-0.05, 0) is 31.0 Å². The molecule has 1 aromatic rings. The van der Waals surface area contributed by atoms with Gasteiger partial charge in [0, 0.05) is 6.54 Å². The Morgan fingerprint density at radius 2 is 2.06 bits per heavy atom. The van der Waals surface area contributed by atoms with E-state index in [9.17, 15) is 4.79 Å². The molecule has 1 rings (SSSR count). The van der Waals surface area contributed by atoms with E-state index in [1.54, 1.807) is 6.07 Å². The molecule has 0 aliphatic carbocycles. The normalized spacial score (nSPS) is 9.94. The Balaban J connectivity index is 3.09. The van der Waals surface area contributed by atoms with E-state index in [1.165, 1.54) is 4.90 Å². The van der Waals surface area contributed by atoms with E-state index < -0.39 is 6.03 Å². The number of halogens is 1. The fourth-order valence-corrected chi connectivity index (χ4v) is 1.87. The number of nitrogens with two attached hydrogens (primary N) is 2. The number of nitrogens with zero attached hydrogens (tertiary/aromatic N) is 2. The maximum Gasteiger partial charge on any atom is 0.351 e. The number of aliphatic imine (C=N–C) groups is 1. The number of aryl methyl sites for hydroxylation is 1. The van der Waals surface area contributed by atoms with E-state index >= 15 is 0 Å². The molecule has 1 aromatic carbocycles. The second-order valence-corrected chi connectivity index (χ2v) is 4.11. The highest BCUT2D eigenvalue weighted by molar-refractivity contribution is 6.34. The summed E-state index contributed by atoms with van der Waals surface area (Å²) in [4.78, 5) is 16.7. The van der Waals surface area contributed by atoms with Crippen LogP contribution in [-0.4, -0.2) is 18.5 Å². The zero-order valence-electron chi connectivity index (χ0n) is 10.5. The number of carbonyl (C=O) groups is 1. The number of anilines is 1. The zero-order valence-corrected chi connectivity index (χ0v) is 11.2. The first-order valence-corrected chi connectivity index (χ1v) is 6.06. The van der Waals surface area contributed by atoms with Gasteiger partial charge in [0.25, 0.3) is 0 Å². The van der Waals surface area contributed by atoms with Crippen molar-refractivity contribution in [3.05, 3.63) is 28.8 Å². The summed E-state index contributed by atoms with van der Waals surface area (Å²) >= 11 is 6.16. The van der Waals surface area contributed by atoms with Gasteiger partial charge in [0.2, 0.25) is 0 Å². The Labute approximate surface area is 111 Å². The lowest BCUT2D eigenvalue weighted by atomic mass is 10.1. The van der Waals surface area contributed by atoms with Crippen LogP contribution in [0.3, 0.4) is 0 Å². The highest BCUT2D eigenvalue weighted by Gasteiger charge is 2.16. The third-order valence-corrected chi connectivity index (χ3v) is 2.79. The van der Waals surface area contributed by atoms with E-state index in [-0.39, 0.29) is 5.96 Å². The Bertz CT molecular complexity index is 469. The number of hydrogen-bond acceptors (Lipinski definition) is 1. The summed E-state index contributed by atoms with van der Waals surface area (Å²) in [7, 11) is 0. The predicted molar refractivity (Wildman–Crippen MR) is 75.1 cm³/mol. The van der Waals surface area contributed by atoms with Gasteiger partial charge in [-0.2, -0.15) is 4.99 Å². The topological polar surface area (TPSA) is 84.7 Å². The fourth-order valence-electron chi connectivity index (χ4n) is 1.57. The van der Waals surface area contributed by atoms with Crippen molar-refractivity contribution >= 4 is 29.3 Å². The lowest BCUT2D eigenvalue weighted by molar-refractivity contribution is 0.254. The Morgan fingerprint density at radius 3 is 2.50 bits per heavy atom. The maximum absolute atomic E-state index is 11.8. The molecule has 0 bridgehead atoms. The minimum Gasteiger partial charge on any atom is -0.370 e. The molecule has 0 aromatic heterocycles. The Kier molecular flexibility index (Phi) is 4.97. The van der Waals surface area contributed by atoms with Crippen molar-refractivity contribution in [2.75, 3.05) is 11.4 Å². The summed E-state index contributed by atoms with van der Waals surface area (Å²) in [5.74, 6) is -0.264. The highest BCUT2D eigenvalue weighted by atomic mass is 35.5. The number of rotatable bonds is 3. The Hall–Kier alpha value is -1.75. The van der Waals surface area contributed by atoms with E-state index in [2.05, 4.69) is 4.99 Å². The van der Waals surface area contributed by atoms with E-state index in [1.807, 2.05) is 26.0 Å². The van der Waals surface area contributed by atoms with Crippen LogP contribution < -0.4 is 16.4 Å². The summed E-state index contributed by atoms with van der Waals surface area (Å²) < 4.78 is 0. The predicted octanol–water partition coefficient (Wildman–Crippen LogP) is 2.12. The summed E-state index contributed by atoms with van der Waals surface area (Å²) in [5.41, 5.74) is 12.1. The van der Waals surface area contributed by atoms with Crippen LogP contribution in [0.5, 0.6) is 0 Å². The number of amides is 2. The first-order chi connectivity index (χ1) is 8.49. The van der Waals surface area contributed by atoms with E-state index in [0.29, 0.717) is 17.3 Å². The van der Waals surface area contributed by atoms with Crippen molar-refractivity contribution in [3.8, 4) is 0 Å². The molecule has 0 aliphatic rings. The minimum absolute atomic E-state index is 0.264. The molecule has 0 spiro atoms. The standard InChI is InChI=1S/C12H17ClN4O/c1-3-8-5-6-10(9(13)7-8)17(4-2)12(18)16-11(14)15/h5-7H,3-4H2,1-2H3,(H4,14,15,16,18). The number of carbonyl (C=O) groups excluding carboxylic acids is 1. The molecule has 5 nitrogen and oxygen atoms in total. The summed E-state index contributed by atoms with van der Waals surface area (Å²) in [6.07, 6.45) is 0.883. The monoisotopic (exact) mass is 268 g/mol. The van der Waals surface area contributed by atoms with Crippen LogP contribution >= 0.6 is 11.6 Å². The molecule has 18 heavy (non-hydrogen) atoms. The van der Waals surface area contributed by atoms with E-state index in [0.717, 1.165) is 12.0 Å². The van der Waals surface area contributed by atoms with Crippen LogP contribution in [0.25, 0.3) is 0 Å². The van der Waals surface area contributed by atoms with Gasteiger partial charge >= 0.3 is 6.03 Å². The maximum atomic E-state index is 11.8. The molecule has 4 N–H and O–H groups in total. The average Bonchev–Trinajstić information content (AvgIpc) is 2.31. The van der Waals surface area contributed by atoms with Crippen LogP contribution in [0.2, 0.25) is 5.02 Å². The summed E-state index contributed by atoms with van der Waals surface area (Å²) in [6.45, 7) is 4.29. The van der Waals surface area contributed by atoms with Gasteiger partial charge in [0.15, 0.2) is 5.96 Å². The molecule has 0 unspecified atom stereocenters. The lowest BCUT2D eigenvalue weighted by Crippen LogP contribution is -2.32. The first-order valence-electron chi connectivity index (χ1n) is 5.69. The molecule has 6 heteroatoms. The van der Waals surface area contributed by atoms with Crippen LogP contribution in [0, 0.1) is 0 Å². The third-order valence-electron chi connectivity index (χ3n) is 2.48. The van der Waals surface area contributed by atoms with Crippen molar-refractivity contribution in [2.45, 2.75) is 20.3 Å². The highest BCUT2D eigenvalue weighted by Crippen LogP contribution is 2.27. The number of benzene rings is 1. The first kappa shape index (κ1) is 14.3. The van der Waals surface area contributed by atoms with Gasteiger partial charge in [-0.3, -0.25) is 4.90 Å². The third kappa shape index (κ3) is 3.37. The second-order valence-electron chi connectivity index (χ2n) is 3.70. The van der Waals surface area contributed by atoms with Crippen LogP contribution in [0.1, 0.15) is 19.4 Å². The van der Waals surface area contributed by atoms with Crippen molar-refractivity contribution in [3.63, 3.8) is 0 Å². The fraction of sp³-hybridized carbons (Fsp3) is 0.333. The van der Waals surface area contributed by atoms with Gasteiger partial charge in [0.05, 0.1) is 10.7 Å². The van der Waals surface area contributed by atoms with Crippen molar-refractivity contribution in [2.24, 2.45) is 16.5 Å².